The first-order valence-corrected chi connectivity index (χ1v) is 3.50. The summed E-state index contributed by atoms with van der Waals surface area (Å²) >= 11 is 0. The Bertz CT molecular complexity index is 46.5. The van der Waals surface area contributed by atoms with Gasteiger partial charge in [0.2, 0.25) is 0 Å². The highest BCUT2D eigenvalue weighted by atomic mass is 14.6. The van der Waals surface area contributed by atoms with E-state index in [0.717, 1.165) is 0 Å². The molecule has 0 fully saturated rings. The highest BCUT2D eigenvalue weighted by Crippen LogP contribution is 1.57. The minimum atomic E-state index is 1.50. The normalized spacial score (nSPS) is 6.33. The van der Waals surface area contributed by atoms with E-state index in [1.165, 1.54) is 6.20 Å². The Morgan fingerprint density at radius 3 is 1.44 bits per heavy atom. The van der Waals surface area contributed by atoms with Crippen LogP contribution >= 0.6 is 0 Å². The van der Waals surface area contributed by atoms with Crippen molar-refractivity contribution in [3.8, 4) is 0 Å². The summed E-state index contributed by atoms with van der Waals surface area (Å²) in [4.78, 5) is 3.61. The highest BCUT2D eigenvalue weighted by molar-refractivity contribution is 5.53. The third-order valence-electron chi connectivity index (χ3n) is 0.254. The molecule has 0 aromatic rings. The summed E-state index contributed by atoms with van der Waals surface area (Å²) < 4.78 is 0. The van der Waals surface area contributed by atoms with Gasteiger partial charge in [-0.05, 0) is 6.92 Å². The molecule has 0 N–H and O–H groups in total. The van der Waals surface area contributed by atoms with E-state index >= 15 is 0 Å². The van der Waals surface area contributed by atoms with Gasteiger partial charge in [0.25, 0.3) is 0 Å². The highest BCUT2D eigenvalue weighted by Gasteiger charge is 1.40. The van der Waals surface area contributed by atoms with Crippen molar-refractivity contribution in [2.75, 3.05) is 0 Å². The van der Waals surface area contributed by atoms with Gasteiger partial charge in [0, 0.05) is 12.4 Å². The molecule has 0 aromatic carbocycles. The first-order chi connectivity index (χ1) is 4.41. The first kappa shape index (κ1) is 15.8. The molecule has 0 saturated heterocycles. The van der Waals surface area contributed by atoms with Crippen molar-refractivity contribution in [3.63, 3.8) is 0 Å². The molecule has 0 spiro atoms. The summed E-state index contributed by atoms with van der Waals surface area (Å²) in [6.45, 7) is 13.2. The monoisotopic (exact) mass is 129 g/mol. The van der Waals surface area contributed by atoms with Gasteiger partial charge in [-0.25, -0.2) is 0 Å². The van der Waals surface area contributed by atoms with E-state index in [-0.39, 0.29) is 0 Å². The van der Waals surface area contributed by atoms with Crippen LogP contribution in [0, 0.1) is 0 Å². The lowest BCUT2D eigenvalue weighted by Gasteiger charge is -1.58. The maximum atomic E-state index is 3.61. The van der Waals surface area contributed by atoms with Crippen LogP contribution in [0.25, 0.3) is 0 Å². The lowest BCUT2D eigenvalue weighted by Crippen LogP contribution is -1.46. The molecule has 56 valence electrons. The van der Waals surface area contributed by atoms with E-state index < -0.39 is 0 Å². The van der Waals surface area contributed by atoms with Crippen molar-refractivity contribution >= 4 is 6.21 Å². The van der Waals surface area contributed by atoms with Gasteiger partial charge in [-0.15, -0.1) is 0 Å². The number of aliphatic imine (C=N–C) groups is 1. The topological polar surface area (TPSA) is 12.4 Å². The standard InChI is InChI=1S/C4H7N.2C2H6/c1-3-5-4-2;2*1-2/h3-4H,1H2,2H3;2*1-2H3. The third-order valence-corrected chi connectivity index (χ3v) is 0.254. The zero-order valence-electron chi connectivity index (χ0n) is 7.31. The number of hydrogen-bond donors (Lipinski definition) is 0. The fourth-order valence-corrected chi connectivity index (χ4v) is 0.105. The van der Waals surface area contributed by atoms with Crippen LogP contribution in [0.3, 0.4) is 0 Å². The summed E-state index contributed by atoms with van der Waals surface area (Å²) in [6.07, 6.45) is 3.19. The molecule has 0 heterocycles. The molecule has 0 rings (SSSR count). The Balaban J connectivity index is -0.0000000771. The Morgan fingerprint density at radius 2 is 1.44 bits per heavy atom. The smallest absolute Gasteiger partial charge is 0.0191 e. The van der Waals surface area contributed by atoms with Crippen LogP contribution in [-0.4, -0.2) is 6.21 Å². The molecule has 0 saturated carbocycles. The molecule has 9 heavy (non-hydrogen) atoms. The van der Waals surface area contributed by atoms with E-state index in [9.17, 15) is 0 Å². The van der Waals surface area contributed by atoms with Crippen LogP contribution in [0.5, 0.6) is 0 Å². The second kappa shape index (κ2) is 52.4. The molecule has 0 aliphatic rings. The van der Waals surface area contributed by atoms with Crippen molar-refractivity contribution in [2.24, 2.45) is 4.99 Å². The van der Waals surface area contributed by atoms with Crippen molar-refractivity contribution in [2.45, 2.75) is 34.6 Å². The molecule has 0 aromatic heterocycles. The van der Waals surface area contributed by atoms with E-state index in [0.29, 0.717) is 0 Å². The van der Waals surface area contributed by atoms with Gasteiger partial charge in [0.1, 0.15) is 0 Å². The lowest BCUT2D eigenvalue weighted by molar-refractivity contribution is 1.50. The second-order valence-corrected chi connectivity index (χ2v) is 0.590. The van der Waals surface area contributed by atoms with E-state index in [1.54, 1.807) is 6.21 Å². The maximum absolute atomic E-state index is 3.61. The number of hydrogen-bond acceptors (Lipinski definition) is 1. The molecule has 0 bridgehead atoms. The predicted molar refractivity (Wildman–Crippen MR) is 47.1 cm³/mol. The molecular weight excluding hydrogens is 110 g/mol. The summed E-state index contributed by atoms with van der Waals surface area (Å²) in [6, 6.07) is 0. The Hall–Kier alpha value is -0.590. The SMILES string of the molecule is C=CN=CC.CC.CC. The van der Waals surface area contributed by atoms with Crippen LogP contribution < -0.4 is 0 Å². The van der Waals surface area contributed by atoms with Crippen LogP contribution in [0.4, 0.5) is 0 Å². The van der Waals surface area contributed by atoms with Crippen molar-refractivity contribution in [3.05, 3.63) is 12.8 Å². The van der Waals surface area contributed by atoms with Gasteiger partial charge in [0.05, 0.1) is 0 Å². The summed E-state index contributed by atoms with van der Waals surface area (Å²) in [5.74, 6) is 0. The molecule has 0 aliphatic heterocycles. The Labute approximate surface area is 59.5 Å². The molecule has 0 atom stereocenters. The van der Waals surface area contributed by atoms with Gasteiger partial charge in [0.15, 0.2) is 0 Å². The van der Waals surface area contributed by atoms with E-state index in [1.807, 2.05) is 34.6 Å². The second-order valence-electron chi connectivity index (χ2n) is 0.590. The van der Waals surface area contributed by atoms with Crippen LogP contribution in [0.1, 0.15) is 34.6 Å². The predicted octanol–water partition coefficient (Wildman–Crippen LogP) is 3.27. The third kappa shape index (κ3) is 109. The summed E-state index contributed by atoms with van der Waals surface area (Å²) in [7, 11) is 0. The van der Waals surface area contributed by atoms with Gasteiger partial charge in [-0.3, -0.25) is 4.99 Å². The minimum absolute atomic E-state index is 1.50. The molecule has 0 unspecified atom stereocenters. The van der Waals surface area contributed by atoms with Crippen molar-refractivity contribution in [1.82, 2.24) is 0 Å². The van der Waals surface area contributed by atoms with Gasteiger partial charge >= 0.3 is 0 Å². The van der Waals surface area contributed by atoms with E-state index in [4.69, 9.17) is 0 Å². The summed E-state index contributed by atoms with van der Waals surface area (Å²) in [5.41, 5.74) is 0. The fraction of sp³-hybridized carbons (Fsp3) is 0.625. The van der Waals surface area contributed by atoms with Gasteiger partial charge in [-0.1, -0.05) is 34.3 Å². The number of nitrogens with zero attached hydrogens (tertiary/aromatic N) is 1. The molecule has 0 aliphatic carbocycles. The molecule has 1 heteroatoms. The average Bonchev–Trinajstić information content (AvgIpc) is 1.98. The lowest BCUT2D eigenvalue weighted by atomic mass is 10.9. The minimum Gasteiger partial charge on any atom is -0.270 e. The molecule has 0 amide bonds. The van der Waals surface area contributed by atoms with Gasteiger partial charge < -0.3 is 0 Å². The van der Waals surface area contributed by atoms with Gasteiger partial charge in [-0.2, -0.15) is 0 Å². The van der Waals surface area contributed by atoms with Crippen molar-refractivity contribution < 1.29 is 0 Å². The van der Waals surface area contributed by atoms with Crippen LogP contribution in [0.2, 0.25) is 0 Å². The van der Waals surface area contributed by atoms with E-state index in [2.05, 4.69) is 11.6 Å². The largest absolute Gasteiger partial charge is 0.270 e. The van der Waals surface area contributed by atoms with Crippen LogP contribution in [0.15, 0.2) is 17.8 Å². The number of rotatable bonds is 1. The Morgan fingerprint density at radius 1 is 1.11 bits per heavy atom. The zero-order chi connectivity index (χ0) is 8.12. The fourth-order valence-electron chi connectivity index (χ4n) is 0.105. The first-order valence-electron chi connectivity index (χ1n) is 3.50. The quantitative estimate of drug-likeness (QED) is 0.482. The molecule has 1 nitrogen and oxygen atoms in total. The average molecular weight is 129 g/mol. The summed E-state index contributed by atoms with van der Waals surface area (Å²) in [5, 5.41) is 0. The zero-order valence-corrected chi connectivity index (χ0v) is 7.31. The van der Waals surface area contributed by atoms with Crippen molar-refractivity contribution in [1.29, 1.82) is 0 Å². The maximum Gasteiger partial charge on any atom is 0.0191 e. The Kier molecular flexibility index (Phi) is 91.9. The van der Waals surface area contributed by atoms with Crippen LogP contribution in [-0.2, 0) is 0 Å². The molecule has 0 radical (unpaired) electrons. The molecular formula is C8H19N.